The molecule has 26 heavy (non-hydrogen) atoms. The van der Waals surface area contributed by atoms with Crippen LogP contribution < -0.4 is 10.1 Å². The van der Waals surface area contributed by atoms with Gasteiger partial charge in [-0.15, -0.1) is 21.5 Å². The first-order valence-corrected chi connectivity index (χ1v) is 10.2. The number of anilines is 2. The Morgan fingerprint density at radius 3 is 2.62 bits per heavy atom. The van der Waals surface area contributed by atoms with E-state index < -0.39 is 0 Å². The number of nitrogens with one attached hydrogen (secondary N) is 1. The molecule has 0 saturated carbocycles. The van der Waals surface area contributed by atoms with Crippen molar-refractivity contribution >= 4 is 55.5 Å². The average molecular weight is 402 g/mol. The summed E-state index contributed by atoms with van der Waals surface area (Å²) in [5, 5.41) is 14.5. The average Bonchev–Trinajstić information content (AvgIpc) is 3.20. The fourth-order valence-corrected chi connectivity index (χ4v) is 5.31. The van der Waals surface area contributed by atoms with Gasteiger partial charge < -0.3 is 10.1 Å². The van der Waals surface area contributed by atoms with Crippen molar-refractivity contribution in [3.63, 3.8) is 0 Å². The van der Waals surface area contributed by atoms with Crippen LogP contribution in [0.3, 0.4) is 0 Å². The van der Waals surface area contributed by atoms with E-state index in [-0.39, 0.29) is 0 Å². The van der Waals surface area contributed by atoms with E-state index in [0.29, 0.717) is 0 Å². The van der Waals surface area contributed by atoms with Gasteiger partial charge >= 0.3 is 0 Å². The maximum absolute atomic E-state index is 5.17. The van der Waals surface area contributed by atoms with E-state index in [0.717, 1.165) is 36.2 Å². The Kier molecular flexibility index (Phi) is 4.75. The number of fused-ring (bicyclic) bond motifs is 1. The minimum absolute atomic E-state index is 0.737. The second-order valence-electron chi connectivity index (χ2n) is 5.47. The van der Waals surface area contributed by atoms with Gasteiger partial charge in [0, 0.05) is 16.0 Å². The molecule has 0 saturated heterocycles. The van der Waals surface area contributed by atoms with Crippen molar-refractivity contribution in [1.82, 2.24) is 20.2 Å². The predicted octanol–water partition coefficient (Wildman–Crippen LogP) is 5.06. The van der Waals surface area contributed by atoms with Gasteiger partial charge in [0.05, 0.1) is 7.11 Å². The third kappa shape index (κ3) is 3.37. The van der Waals surface area contributed by atoms with Gasteiger partial charge in [-0.3, -0.25) is 0 Å². The van der Waals surface area contributed by atoms with Crippen LogP contribution >= 0.6 is 34.4 Å². The van der Waals surface area contributed by atoms with E-state index >= 15 is 0 Å². The first-order chi connectivity index (χ1) is 12.6. The standard InChI is InChI=1S/C17H15N5OS3/c1-9-10(2)24-14-13(9)15(19-8-18-14)25-17-22-21-16(26-17)20-11-4-6-12(23-3)7-5-11/h4-8H,1-3H3,(H,20,21). The molecule has 0 aliphatic rings. The van der Waals surface area contributed by atoms with E-state index in [4.69, 9.17) is 4.74 Å². The molecule has 1 aromatic carbocycles. The third-order valence-corrected chi connectivity index (χ3v) is 6.87. The molecule has 0 amide bonds. The maximum atomic E-state index is 5.17. The van der Waals surface area contributed by atoms with Crippen molar-refractivity contribution in [3.05, 3.63) is 41.0 Å². The lowest BCUT2D eigenvalue weighted by Gasteiger charge is -2.03. The fraction of sp³-hybridized carbons (Fsp3) is 0.176. The Hall–Kier alpha value is -2.23. The molecule has 0 bridgehead atoms. The zero-order chi connectivity index (χ0) is 18.1. The molecule has 3 heterocycles. The molecule has 0 aliphatic carbocycles. The number of thiophene rings is 1. The number of aromatic nitrogens is 4. The number of methoxy groups -OCH3 is 1. The molecule has 0 fully saturated rings. The summed E-state index contributed by atoms with van der Waals surface area (Å²) in [6.07, 6.45) is 1.61. The minimum atomic E-state index is 0.737. The summed E-state index contributed by atoms with van der Waals surface area (Å²) >= 11 is 4.71. The number of rotatable bonds is 5. The first kappa shape index (κ1) is 17.2. The molecule has 0 unspecified atom stereocenters. The molecule has 0 aliphatic heterocycles. The number of hydrogen-bond donors (Lipinski definition) is 1. The van der Waals surface area contributed by atoms with Crippen LogP contribution in [-0.4, -0.2) is 27.3 Å². The summed E-state index contributed by atoms with van der Waals surface area (Å²) in [6, 6.07) is 7.69. The van der Waals surface area contributed by atoms with E-state index in [2.05, 4.69) is 39.3 Å². The van der Waals surface area contributed by atoms with Gasteiger partial charge in [0.15, 0.2) is 4.34 Å². The molecule has 6 nitrogen and oxygen atoms in total. The van der Waals surface area contributed by atoms with Crippen LogP contribution in [0.5, 0.6) is 5.75 Å². The molecular formula is C17H15N5OS3. The predicted molar refractivity (Wildman–Crippen MR) is 107 cm³/mol. The molecule has 9 heteroatoms. The van der Waals surface area contributed by atoms with E-state index in [9.17, 15) is 0 Å². The molecule has 0 atom stereocenters. The van der Waals surface area contributed by atoms with Crippen molar-refractivity contribution in [2.45, 2.75) is 23.2 Å². The lowest BCUT2D eigenvalue weighted by Crippen LogP contribution is -1.89. The van der Waals surface area contributed by atoms with Crippen molar-refractivity contribution in [3.8, 4) is 5.75 Å². The highest BCUT2D eigenvalue weighted by molar-refractivity contribution is 8.01. The zero-order valence-corrected chi connectivity index (χ0v) is 16.8. The largest absolute Gasteiger partial charge is 0.497 e. The first-order valence-electron chi connectivity index (χ1n) is 7.77. The summed E-state index contributed by atoms with van der Waals surface area (Å²) in [7, 11) is 1.65. The van der Waals surface area contributed by atoms with Gasteiger partial charge in [-0.05, 0) is 55.4 Å². The quantitative estimate of drug-likeness (QED) is 0.468. The van der Waals surface area contributed by atoms with Crippen LogP contribution in [-0.2, 0) is 0 Å². The van der Waals surface area contributed by atoms with Crippen molar-refractivity contribution < 1.29 is 4.74 Å². The van der Waals surface area contributed by atoms with Gasteiger partial charge in [0.2, 0.25) is 5.13 Å². The molecule has 4 rings (SSSR count). The van der Waals surface area contributed by atoms with E-state index in [1.807, 2.05) is 24.3 Å². The summed E-state index contributed by atoms with van der Waals surface area (Å²) in [6.45, 7) is 4.22. The number of benzene rings is 1. The maximum Gasteiger partial charge on any atom is 0.210 e. The third-order valence-electron chi connectivity index (χ3n) is 3.86. The summed E-state index contributed by atoms with van der Waals surface area (Å²) < 4.78 is 6.01. The van der Waals surface area contributed by atoms with Crippen molar-refractivity contribution in [2.24, 2.45) is 0 Å². The molecule has 132 valence electrons. The molecule has 3 aromatic heterocycles. The van der Waals surface area contributed by atoms with Crippen LogP contribution in [0.4, 0.5) is 10.8 Å². The molecule has 0 spiro atoms. The molecular weight excluding hydrogens is 386 g/mol. The number of aryl methyl sites for hydroxylation is 2. The smallest absolute Gasteiger partial charge is 0.210 e. The Morgan fingerprint density at radius 1 is 1.04 bits per heavy atom. The summed E-state index contributed by atoms with van der Waals surface area (Å²) in [5.41, 5.74) is 2.17. The van der Waals surface area contributed by atoms with Crippen LogP contribution in [0, 0.1) is 13.8 Å². The summed E-state index contributed by atoms with van der Waals surface area (Å²) in [4.78, 5) is 11.1. The monoisotopic (exact) mass is 401 g/mol. The fourth-order valence-electron chi connectivity index (χ4n) is 2.41. The topological polar surface area (TPSA) is 72.8 Å². The highest BCUT2D eigenvalue weighted by Crippen LogP contribution is 2.39. The van der Waals surface area contributed by atoms with Crippen LogP contribution in [0.15, 0.2) is 40.0 Å². The number of hydrogen-bond acceptors (Lipinski definition) is 9. The molecule has 4 aromatic rings. The Bertz CT molecular complexity index is 1060. The van der Waals surface area contributed by atoms with Gasteiger partial charge in [0.1, 0.15) is 21.9 Å². The van der Waals surface area contributed by atoms with Gasteiger partial charge in [-0.1, -0.05) is 11.3 Å². The highest BCUT2D eigenvalue weighted by atomic mass is 32.2. The summed E-state index contributed by atoms with van der Waals surface area (Å²) in [5.74, 6) is 0.818. The Morgan fingerprint density at radius 2 is 1.85 bits per heavy atom. The van der Waals surface area contributed by atoms with Crippen LogP contribution in [0.2, 0.25) is 0 Å². The van der Waals surface area contributed by atoms with Crippen molar-refractivity contribution in [2.75, 3.05) is 12.4 Å². The van der Waals surface area contributed by atoms with Crippen molar-refractivity contribution in [1.29, 1.82) is 0 Å². The Labute approximate surface area is 162 Å². The number of ether oxygens (including phenoxy) is 1. The molecule has 1 N–H and O–H groups in total. The second-order valence-corrected chi connectivity index (χ2v) is 8.89. The lowest BCUT2D eigenvalue weighted by molar-refractivity contribution is 0.415. The minimum Gasteiger partial charge on any atom is -0.497 e. The Balaban J connectivity index is 1.55. The highest BCUT2D eigenvalue weighted by Gasteiger charge is 2.15. The van der Waals surface area contributed by atoms with Crippen LogP contribution in [0.25, 0.3) is 10.2 Å². The van der Waals surface area contributed by atoms with Gasteiger partial charge in [-0.25, -0.2) is 9.97 Å². The van der Waals surface area contributed by atoms with Crippen LogP contribution in [0.1, 0.15) is 10.4 Å². The van der Waals surface area contributed by atoms with E-state index in [1.165, 1.54) is 33.5 Å². The second kappa shape index (κ2) is 7.18. The SMILES string of the molecule is COc1ccc(Nc2nnc(Sc3ncnc4sc(C)c(C)c34)s2)cc1. The normalized spacial score (nSPS) is 11.0. The molecule has 0 radical (unpaired) electrons. The van der Waals surface area contributed by atoms with Gasteiger partial charge in [-0.2, -0.15) is 0 Å². The number of nitrogens with zero attached hydrogens (tertiary/aromatic N) is 4. The van der Waals surface area contributed by atoms with E-state index in [1.54, 1.807) is 24.8 Å². The zero-order valence-electron chi connectivity index (χ0n) is 14.3. The van der Waals surface area contributed by atoms with Gasteiger partial charge in [0.25, 0.3) is 0 Å². The lowest BCUT2D eigenvalue weighted by atomic mass is 10.2.